The molecule has 1 fully saturated rings. The van der Waals surface area contributed by atoms with Gasteiger partial charge < -0.3 is 24.6 Å². The van der Waals surface area contributed by atoms with Crippen LogP contribution in [0.3, 0.4) is 0 Å². The summed E-state index contributed by atoms with van der Waals surface area (Å²) in [7, 11) is 3.34. The smallest absolute Gasteiger partial charge is 0.194 e. The third-order valence-electron chi connectivity index (χ3n) is 5.92. The molecule has 156 valence electrons. The van der Waals surface area contributed by atoms with Gasteiger partial charge >= 0.3 is 0 Å². The number of methoxy groups -OCH3 is 2. The number of likely N-dealkylation sites (tertiary alicyclic amines) is 1. The maximum atomic E-state index is 5.45. The van der Waals surface area contributed by atoms with Gasteiger partial charge in [-0.2, -0.15) is 0 Å². The summed E-state index contributed by atoms with van der Waals surface area (Å²) in [5, 5.41) is 5.85. The van der Waals surface area contributed by atoms with Gasteiger partial charge in [-0.05, 0) is 60.5 Å². The molecule has 0 atom stereocenters. The van der Waals surface area contributed by atoms with Crippen LogP contribution in [0.4, 0.5) is 0 Å². The van der Waals surface area contributed by atoms with Crippen molar-refractivity contribution in [2.45, 2.75) is 25.8 Å². The topological polar surface area (TPSA) is 49.3 Å². The molecule has 2 aliphatic rings. The first-order valence-electron chi connectivity index (χ1n) is 10.7. The predicted molar refractivity (Wildman–Crippen MR) is 118 cm³/mol. The van der Waals surface area contributed by atoms with Gasteiger partial charge in [0.2, 0.25) is 0 Å². The minimum absolute atomic E-state index is 0.758. The molecule has 0 radical (unpaired) electrons. The van der Waals surface area contributed by atoms with Crippen LogP contribution >= 0.6 is 0 Å². The number of guanidine groups is 1. The summed E-state index contributed by atoms with van der Waals surface area (Å²) in [6.45, 7) is 7.36. The van der Waals surface area contributed by atoms with Gasteiger partial charge in [0.25, 0.3) is 0 Å². The highest BCUT2D eigenvalue weighted by atomic mass is 16.5. The summed E-state index contributed by atoms with van der Waals surface area (Å²) >= 11 is 0. The zero-order valence-corrected chi connectivity index (χ0v) is 17.6. The van der Waals surface area contributed by atoms with E-state index in [1.807, 2.05) is 12.1 Å². The molecule has 2 aromatic rings. The first-order valence-corrected chi connectivity index (χ1v) is 10.7. The lowest BCUT2D eigenvalue weighted by Crippen LogP contribution is -2.43. The number of ether oxygens (including phenoxy) is 2. The highest BCUT2D eigenvalue weighted by Gasteiger charge is 2.18. The van der Waals surface area contributed by atoms with Crippen LogP contribution in [0, 0.1) is 0 Å². The molecule has 2 aliphatic heterocycles. The van der Waals surface area contributed by atoms with E-state index in [9.17, 15) is 0 Å². The van der Waals surface area contributed by atoms with E-state index >= 15 is 0 Å². The van der Waals surface area contributed by atoms with Crippen molar-refractivity contribution in [3.8, 4) is 11.5 Å². The Bertz CT molecular complexity index is 861. The SMILES string of the molecule is COc1cc2ccc(CNC3=NCCN3CCN3CCCCC3)cc2cc1OC. The second-order valence-electron chi connectivity index (χ2n) is 7.84. The van der Waals surface area contributed by atoms with Crippen LogP contribution in [0.5, 0.6) is 11.5 Å². The molecule has 0 amide bonds. The molecular weight excluding hydrogens is 364 g/mol. The van der Waals surface area contributed by atoms with Gasteiger partial charge in [-0.1, -0.05) is 18.6 Å². The number of rotatable bonds is 7. The summed E-state index contributed by atoms with van der Waals surface area (Å²) < 4.78 is 10.9. The standard InChI is InChI=1S/C23H32N4O2/c1-28-21-15-19-7-6-18(14-20(19)16-22(21)29-2)17-25-23-24-8-11-27(23)13-12-26-9-4-3-5-10-26/h6-7,14-16H,3-5,8-13,17H2,1-2H3,(H,24,25). The Morgan fingerprint density at radius 1 is 0.897 bits per heavy atom. The quantitative estimate of drug-likeness (QED) is 0.779. The molecule has 29 heavy (non-hydrogen) atoms. The zero-order chi connectivity index (χ0) is 20.1. The number of nitrogens with zero attached hydrogens (tertiary/aromatic N) is 3. The van der Waals surface area contributed by atoms with Crippen molar-refractivity contribution < 1.29 is 9.47 Å². The number of nitrogens with one attached hydrogen (secondary N) is 1. The summed E-state index contributed by atoms with van der Waals surface area (Å²) in [6, 6.07) is 10.6. The van der Waals surface area contributed by atoms with Crippen molar-refractivity contribution in [2.24, 2.45) is 4.99 Å². The van der Waals surface area contributed by atoms with Crippen LogP contribution < -0.4 is 14.8 Å². The van der Waals surface area contributed by atoms with Crippen LogP contribution in [-0.4, -0.2) is 69.2 Å². The van der Waals surface area contributed by atoms with E-state index in [1.165, 1.54) is 37.9 Å². The fraction of sp³-hybridized carbons (Fsp3) is 0.522. The van der Waals surface area contributed by atoms with E-state index in [4.69, 9.17) is 9.47 Å². The third kappa shape index (κ3) is 4.75. The van der Waals surface area contributed by atoms with Gasteiger partial charge in [-0.15, -0.1) is 0 Å². The fourth-order valence-corrected chi connectivity index (χ4v) is 4.23. The van der Waals surface area contributed by atoms with Crippen molar-refractivity contribution in [3.05, 3.63) is 35.9 Å². The van der Waals surface area contributed by atoms with E-state index in [1.54, 1.807) is 14.2 Å². The van der Waals surface area contributed by atoms with Gasteiger partial charge in [0.1, 0.15) is 0 Å². The number of hydrogen-bond acceptors (Lipinski definition) is 6. The molecule has 6 heteroatoms. The van der Waals surface area contributed by atoms with E-state index in [2.05, 4.69) is 38.3 Å². The summed E-state index contributed by atoms with van der Waals surface area (Å²) in [4.78, 5) is 9.66. The fourth-order valence-electron chi connectivity index (χ4n) is 4.23. The van der Waals surface area contributed by atoms with Crippen LogP contribution in [0.15, 0.2) is 35.3 Å². The van der Waals surface area contributed by atoms with Crippen molar-refractivity contribution in [1.82, 2.24) is 15.1 Å². The number of piperidine rings is 1. The van der Waals surface area contributed by atoms with Crippen molar-refractivity contribution in [2.75, 3.05) is 53.5 Å². The third-order valence-corrected chi connectivity index (χ3v) is 5.92. The molecule has 2 aromatic carbocycles. The Labute approximate surface area is 173 Å². The number of benzene rings is 2. The Kier molecular flexibility index (Phi) is 6.39. The maximum Gasteiger partial charge on any atom is 0.194 e. The molecule has 0 aromatic heterocycles. The summed E-state index contributed by atoms with van der Waals surface area (Å²) in [5.74, 6) is 2.55. The van der Waals surface area contributed by atoms with Crippen LogP contribution in [0.25, 0.3) is 10.8 Å². The lowest BCUT2D eigenvalue weighted by atomic mass is 10.1. The highest BCUT2D eigenvalue weighted by Crippen LogP contribution is 2.32. The van der Waals surface area contributed by atoms with Crippen LogP contribution in [0.2, 0.25) is 0 Å². The Hall–Kier alpha value is -2.47. The highest BCUT2D eigenvalue weighted by molar-refractivity contribution is 5.87. The molecule has 0 bridgehead atoms. The van der Waals surface area contributed by atoms with E-state index in [0.717, 1.165) is 61.0 Å². The number of hydrogen-bond donors (Lipinski definition) is 1. The Morgan fingerprint density at radius 2 is 1.66 bits per heavy atom. The summed E-state index contributed by atoms with van der Waals surface area (Å²) in [5.41, 5.74) is 1.23. The van der Waals surface area contributed by atoms with E-state index < -0.39 is 0 Å². The van der Waals surface area contributed by atoms with Crippen molar-refractivity contribution in [3.63, 3.8) is 0 Å². The molecule has 1 saturated heterocycles. The second kappa shape index (κ2) is 9.35. The molecular formula is C23H32N4O2. The zero-order valence-electron chi connectivity index (χ0n) is 17.6. The predicted octanol–water partition coefficient (Wildman–Crippen LogP) is 3.10. The van der Waals surface area contributed by atoms with Gasteiger partial charge in [-0.25, -0.2) is 0 Å². The molecule has 0 spiro atoms. The number of fused-ring (bicyclic) bond motifs is 1. The van der Waals surface area contributed by atoms with Crippen LogP contribution in [-0.2, 0) is 6.54 Å². The van der Waals surface area contributed by atoms with Crippen LogP contribution in [0.1, 0.15) is 24.8 Å². The first kappa shape index (κ1) is 19.8. The molecule has 2 heterocycles. The normalized spacial score (nSPS) is 17.4. The van der Waals surface area contributed by atoms with Crippen molar-refractivity contribution >= 4 is 16.7 Å². The monoisotopic (exact) mass is 396 g/mol. The average Bonchev–Trinajstić information content (AvgIpc) is 3.23. The lowest BCUT2D eigenvalue weighted by Gasteiger charge is -2.29. The average molecular weight is 397 g/mol. The second-order valence-corrected chi connectivity index (χ2v) is 7.84. The van der Waals surface area contributed by atoms with Gasteiger partial charge in [0.15, 0.2) is 17.5 Å². The Balaban J connectivity index is 1.36. The first-order chi connectivity index (χ1) is 14.3. The minimum atomic E-state index is 0.758. The van der Waals surface area contributed by atoms with E-state index in [-0.39, 0.29) is 0 Å². The molecule has 0 aliphatic carbocycles. The Morgan fingerprint density at radius 3 is 2.41 bits per heavy atom. The largest absolute Gasteiger partial charge is 0.493 e. The molecule has 0 saturated carbocycles. The molecule has 4 rings (SSSR count). The van der Waals surface area contributed by atoms with Gasteiger partial charge in [0, 0.05) is 26.2 Å². The maximum absolute atomic E-state index is 5.45. The molecule has 0 unspecified atom stereocenters. The van der Waals surface area contributed by atoms with Crippen molar-refractivity contribution in [1.29, 1.82) is 0 Å². The van der Waals surface area contributed by atoms with Gasteiger partial charge in [0.05, 0.1) is 20.8 Å². The van der Waals surface area contributed by atoms with E-state index in [0.29, 0.717) is 0 Å². The number of aliphatic imine (C=N–C) groups is 1. The molecule has 6 nitrogen and oxygen atoms in total. The molecule has 1 N–H and O–H groups in total. The minimum Gasteiger partial charge on any atom is -0.493 e. The lowest BCUT2D eigenvalue weighted by molar-refractivity contribution is 0.212. The summed E-state index contributed by atoms with van der Waals surface area (Å²) in [6.07, 6.45) is 4.08. The van der Waals surface area contributed by atoms with Gasteiger partial charge in [-0.3, -0.25) is 4.99 Å².